The van der Waals surface area contributed by atoms with Crippen LogP contribution in [0.2, 0.25) is 0 Å². The molecule has 3 fully saturated rings. The van der Waals surface area contributed by atoms with Crippen molar-refractivity contribution in [3.63, 3.8) is 0 Å². The Labute approximate surface area is 120 Å². The van der Waals surface area contributed by atoms with E-state index in [4.69, 9.17) is 4.99 Å². The average Bonchev–Trinajstić information content (AvgIpc) is 3.22. The van der Waals surface area contributed by atoms with Crippen LogP contribution < -0.4 is 0 Å². The summed E-state index contributed by atoms with van der Waals surface area (Å²) in [4.78, 5) is 14.7. The molecule has 1 aromatic heterocycles. The van der Waals surface area contributed by atoms with Gasteiger partial charge in [0.05, 0.1) is 18.7 Å². The number of piperidine rings is 1. The van der Waals surface area contributed by atoms with Crippen molar-refractivity contribution in [2.75, 3.05) is 13.1 Å². The summed E-state index contributed by atoms with van der Waals surface area (Å²) >= 11 is 0. The van der Waals surface area contributed by atoms with Gasteiger partial charge in [-0.05, 0) is 43.9 Å². The topological polar surface area (TPSA) is 44.3 Å². The summed E-state index contributed by atoms with van der Waals surface area (Å²) in [7, 11) is 0. The lowest BCUT2D eigenvalue weighted by Gasteiger charge is -2.30. The van der Waals surface area contributed by atoms with E-state index in [9.17, 15) is 0 Å². The highest BCUT2D eigenvalue weighted by atomic mass is 15.2. The minimum atomic E-state index is 0.638. The summed E-state index contributed by atoms with van der Waals surface area (Å²) in [6, 6.07) is 0.638. The van der Waals surface area contributed by atoms with Gasteiger partial charge >= 0.3 is 0 Å². The predicted octanol–water partition coefficient (Wildman–Crippen LogP) is 2.81. The number of likely N-dealkylation sites (tertiary alicyclic amines) is 1. The molecule has 1 saturated heterocycles. The Kier molecular flexibility index (Phi) is 3.25. The lowest BCUT2D eigenvalue weighted by Crippen LogP contribution is -2.32. The molecule has 3 aliphatic rings. The normalized spacial score (nSPS) is 34.4. The lowest BCUT2D eigenvalue weighted by molar-refractivity contribution is 0.314. The molecule has 108 valence electrons. The third-order valence-corrected chi connectivity index (χ3v) is 5.61. The third kappa shape index (κ3) is 2.36. The van der Waals surface area contributed by atoms with Crippen molar-refractivity contribution in [1.82, 2.24) is 14.9 Å². The smallest absolute Gasteiger partial charge is 0.0921 e. The maximum Gasteiger partial charge on any atom is 0.0921 e. The zero-order valence-electron chi connectivity index (χ0n) is 12.0. The van der Waals surface area contributed by atoms with Gasteiger partial charge in [0.15, 0.2) is 0 Å². The Morgan fingerprint density at radius 1 is 1.20 bits per heavy atom. The molecule has 1 aromatic rings. The maximum atomic E-state index is 4.90. The predicted molar refractivity (Wildman–Crippen MR) is 79.9 cm³/mol. The largest absolute Gasteiger partial charge is 0.363 e. The van der Waals surface area contributed by atoms with Crippen LogP contribution in [-0.4, -0.2) is 40.3 Å². The van der Waals surface area contributed by atoms with Gasteiger partial charge in [-0.2, -0.15) is 0 Å². The van der Waals surface area contributed by atoms with Crippen molar-refractivity contribution < 1.29 is 0 Å². The Balaban J connectivity index is 1.29. The summed E-state index contributed by atoms with van der Waals surface area (Å²) in [6.45, 7) is 2.27. The molecule has 2 saturated carbocycles. The van der Waals surface area contributed by atoms with E-state index in [0.29, 0.717) is 12.0 Å². The van der Waals surface area contributed by atoms with Gasteiger partial charge in [-0.1, -0.05) is 6.42 Å². The fraction of sp³-hybridized carbons (Fsp3) is 0.750. The van der Waals surface area contributed by atoms with E-state index in [-0.39, 0.29) is 0 Å². The van der Waals surface area contributed by atoms with Crippen LogP contribution in [0, 0.1) is 11.8 Å². The van der Waals surface area contributed by atoms with Gasteiger partial charge in [-0.3, -0.25) is 4.99 Å². The first-order chi connectivity index (χ1) is 9.88. The number of hydrogen-bond donors (Lipinski definition) is 1. The van der Waals surface area contributed by atoms with Crippen molar-refractivity contribution in [2.24, 2.45) is 16.8 Å². The molecule has 0 spiro atoms. The van der Waals surface area contributed by atoms with Gasteiger partial charge in [0.25, 0.3) is 0 Å². The Morgan fingerprint density at radius 2 is 2.10 bits per heavy atom. The number of aliphatic imine (C=N–C) groups is 1. The van der Waals surface area contributed by atoms with E-state index >= 15 is 0 Å². The summed E-state index contributed by atoms with van der Waals surface area (Å²) in [5.74, 6) is 2.55. The fourth-order valence-corrected chi connectivity index (χ4v) is 4.39. The van der Waals surface area contributed by atoms with Crippen LogP contribution in [0.3, 0.4) is 0 Å². The molecule has 2 heterocycles. The number of rotatable bonds is 3. The zero-order chi connectivity index (χ0) is 13.4. The number of imidazole rings is 1. The maximum absolute atomic E-state index is 4.90. The zero-order valence-corrected chi connectivity index (χ0v) is 12.0. The van der Waals surface area contributed by atoms with Gasteiger partial charge in [0, 0.05) is 30.9 Å². The Hall–Kier alpha value is -1.32. The van der Waals surface area contributed by atoms with Crippen LogP contribution in [0.25, 0.3) is 0 Å². The molecule has 2 aliphatic carbocycles. The molecule has 1 aliphatic heterocycles. The van der Waals surface area contributed by atoms with Gasteiger partial charge < -0.3 is 9.88 Å². The number of hydrogen-bond acceptors (Lipinski definition) is 2. The van der Waals surface area contributed by atoms with Crippen molar-refractivity contribution in [1.29, 1.82) is 0 Å². The standard InChI is InChI=1S/C16H24N4/c1-2-14-7-12(1)8-15(14)19-11-20-5-3-13(4-6-20)16-9-17-10-18-16/h9-15H,1-8H2,(H,17,18)/t12-,14+,15+/m0/s1. The van der Waals surface area contributed by atoms with Crippen molar-refractivity contribution in [3.8, 4) is 0 Å². The Morgan fingerprint density at radius 3 is 2.75 bits per heavy atom. The molecule has 0 amide bonds. The molecule has 3 atom stereocenters. The highest BCUT2D eigenvalue weighted by molar-refractivity contribution is 5.55. The molecule has 0 radical (unpaired) electrons. The second-order valence-corrected chi connectivity index (χ2v) is 6.82. The van der Waals surface area contributed by atoms with E-state index in [1.54, 1.807) is 6.33 Å². The van der Waals surface area contributed by atoms with Gasteiger partial charge in [-0.25, -0.2) is 4.98 Å². The molecule has 2 bridgehead atoms. The van der Waals surface area contributed by atoms with Gasteiger partial charge in [-0.15, -0.1) is 0 Å². The number of H-pyrrole nitrogens is 1. The molecule has 4 nitrogen and oxygen atoms in total. The highest BCUT2D eigenvalue weighted by Gasteiger charge is 2.39. The monoisotopic (exact) mass is 272 g/mol. The first kappa shape index (κ1) is 12.4. The van der Waals surface area contributed by atoms with Crippen LogP contribution in [0.5, 0.6) is 0 Å². The quantitative estimate of drug-likeness (QED) is 0.679. The second-order valence-electron chi connectivity index (χ2n) is 6.82. The summed E-state index contributed by atoms with van der Waals surface area (Å²) < 4.78 is 0. The number of aromatic amines is 1. The van der Waals surface area contributed by atoms with Crippen LogP contribution >= 0.6 is 0 Å². The van der Waals surface area contributed by atoms with Crippen molar-refractivity contribution >= 4 is 6.34 Å². The van der Waals surface area contributed by atoms with Crippen LogP contribution in [0.4, 0.5) is 0 Å². The molecule has 0 aromatic carbocycles. The lowest BCUT2D eigenvalue weighted by atomic mass is 9.94. The van der Waals surface area contributed by atoms with Crippen LogP contribution in [0.15, 0.2) is 17.5 Å². The van der Waals surface area contributed by atoms with Crippen molar-refractivity contribution in [2.45, 2.75) is 50.5 Å². The van der Waals surface area contributed by atoms with E-state index in [1.165, 1.54) is 44.2 Å². The molecule has 4 heteroatoms. The van der Waals surface area contributed by atoms with Crippen LogP contribution in [0.1, 0.15) is 50.1 Å². The molecule has 4 rings (SSSR count). The summed E-state index contributed by atoms with van der Waals surface area (Å²) in [5.41, 5.74) is 1.30. The Bertz CT molecular complexity index is 459. The van der Waals surface area contributed by atoms with E-state index in [2.05, 4.69) is 21.2 Å². The SMILES string of the molecule is C(=N[C@@H]1C[C@H]2CC[C@@H]1C2)N1CCC(c2cnc[nH]2)CC1. The van der Waals surface area contributed by atoms with Crippen molar-refractivity contribution in [3.05, 3.63) is 18.2 Å². The fourth-order valence-electron chi connectivity index (χ4n) is 4.39. The first-order valence-corrected chi connectivity index (χ1v) is 8.14. The third-order valence-electron chi connectivity index (χ3n) is 5.61. The van der Waals surface area contributed by atoms with E-state index in [1.807, 2.05) is 6.20 Å². The molecular formula is C16H24N4. The minimum Gasteiger partial charge on any atom is -0.363 e. The van der Waals surface area contributed by atoms with Gasteiger partial charge in [0.1, 0.15) is 0 Å². The molecule has 20 heavy (non-hydrogen) atoms. The number of fused-ring (bicyclic) bond motifs is 2. The number of nitrogens with zero attached hydrogens (tertiary/aromatic N) is 3. The van der Waals surface area contributed by atoms with E-state index in [0.717, 1.165) is 24.9 Å². The highest BCUT2D eigenvalue weighted by Crippen LogP contribution is 2.45. The second kappa shape index (κ2) is 5.23. The number of aromatic nitrogens is 2. The molecular weight excluding hydrogens is 248 g/mol. The summed E-state index contributed by atoms with van der Waals surface area (Å²) in [5, 5.41) is 0. The molecule has 0 unspecified atom stereocenters. The number of nitrogens with one attached hydrogen (secondary N) is 1. The van der Waals surface area contributed by atoms with Crippen LogP contribution in [-0.2, 0) is 0 Å². The van der Waals surface area contributed by atoms with E-state index < -0.39 is 0 Å². The minimum absolute atomic E-state index is 0.638. The first-order valence-electron chi connectivity index (χ1n) is 8.14. The average molecular weight is 272 g/mol. The molecule has 1 N–H and O–H groups in total. The summed E-state index contributed by atoms with van der Waals surface area (Å²) in [6.07, 6.45) is 14.0. The van der Waals surface area contributed by atoms with Gasteiger partial charge in [0.2, 0.25) is 0 Å².